The second-order valence-electron chi connectivity index (χ2n) is 11.6. The number of nitrogens with zero attached hydrogens (tertiary/aromatic N) is 2. The number of piperidine rings is 1. The molecule has 1 aliphatic carbocycles. The Morgan fingerprint density at radius 2 is 1.91 bits per heavy atom. The number of carbonyl (C=O) groups excluding carboxylic acids is 4. The molecule has 2 aromatic rings. The van der Waals surface area contributed by atoms with Gasteiger partial charge in [0.15, 0.2) is 5.60 Å². The molecular formula is C30H32ClN5O7. The number of rotatable bonds is 6. The van der Waals surface area contributed by atoms with E-state index in [1.54, 1.807) is 28.0 Å². The van der Waals surface area contributed by atoms with Gasteiger partial charge < -0.3 is 25.0 Å². The van der Waals surface area contributed by atoms with E-state index in [1.807, 2.05) is 0 Å². The summed E-state index contributed by atoms with van der Waals surface area (Å²) in [6.07, 6.45) is 2.02. The summed E-state index contributed by atoms with van der Waals surface area (Å²) in [7, 11) is 0. The molecule has 0 aromatic heterocycles. The van der Waals surface area contributed by atoms with Crippen LogP contribution in [0.3, 0.4) is 0 Å². The first kappa shape index (κ1) is 28.8. The van der Waals surface area contributed by atoms with Gasteiger partial charge >= 0.3 is 12.2 Å². The number of benzene rings is 2. The Hall–Kier alpha value is -4.32. The number of hydrogen-bond acceptors (Lipinski definition) is 6. The van der Waals surface area contributed by atoms with Crippen LogP contribution in [-0.4, -0.2) is 76.5 Å². The van der Waals surface area contributed by atoms with Crippen molar-refractivity contribution in [3.63, 3.8) is 0 Å². The summed E-state index contributed by atoms with van der Waals surface area (Å²) in [6.45, 7) is 1.05. The lowest BCUT2D eigenvalue weighted by molar-refractivity contribution is -0.148. The summed E-state index contributed by atoms with van der Waals surface area (Å²) in [5, 5.41) is 17.0. The summed E-state index contributed by atoms with van der Waals surface area (Å²) in [4.78, 5) is 67.6. The highest BCUT2D eigenvalue weighted by Crippen LogP contribution is 2.44. The molecule has 4 aliphatic rings. The normalized spacial score (nSPS) is 24.5. The molecule has 3 fully saturated rings. The molecule has 1 saturated carbocycles. The maximum Gasteiger partial charge on any atom is 0.412 e. The molecule has 226 valence electrons. The highest BCUT2D eigenvalue weighted by molar-refractivity contribution is 6.30. The molecule has 1 spiro atoms. The largest absolute Gasteiger partial charge is 0.465 e. The van der Waals surface area contributed by atoms with Gasteiger partial charge in [-0.25, -0.2) is 9.59 Å². The number of amides is 5. The number of hydrogen-bond donors (Lipinski definition) is 4. The zero-order chi connectivity index (χ0) is 30.3. The SMILES string of the molecule is O=C(O)Nc1ccc(C(=O)N[C@@H](CC(=O)N2CC3CCCC32)C(=O)N2CCC[C@@]3(C2)OC(=O)Nc2ccc(Cl)cc23)cc1. The molecule has 3 heterocycles. The molecule has 4 N–H and O–H groups in total. The van der Waals surface area contributed by atoms with Crippen LogP contribution >= 0.6 is 11.6 Å². The van der Waals surface area contributed by atoms with Gasteiger partial charge in [0.25, 0.3) is 5.91 Å². The van der Waals surface area contributed by atoms with Gasteiger partial charge in [0.1, 0.15) is 6.04 Å². The third-order valence-corrected chi connectivity index (χ3v) is 9.15. The Morgan fingerprint density at radius 1 is 1.12 bits per heavy atom. The van der Waals surface area contributed by atoms with E-state index >= 15 is 0 Å². The lowest BCUT2D eigenvalue weighted by Gasteiger charge is -2.46. The molecule has 6 rings (SSSR count). The van der Waals surface area contributed by atoms with Gasteiger partial charge in [-0.05, 0) is 74.1 Å². The van der Waals surface area contributed by atoms with E-state index < -0.39 is 35.6 Å². The first-order chi connectivity index (χ1) is 20.6. The Kier molecular flexibility index (Phi) is 7.63. The van der Waals surface area contributed by atoms with E-state index in [0.29, 0.717) is 48.1 Å². The number of ether oxygens (including phenoxy) is 1. The van der Waals surface area contributed by atoms with Crippen LogP contribution in [0.25, 0.3) is 0 Å². The van der Waals surface area contributed by atoms with Crippen molar-refractivity contribution >= 4 is 52.9 Å². The minimum absolute atomic E-state index is 0.0388. The van der Waals surface area contributed by atoms with Crippen molar-refractivity contribution in [3.8, 4) is 0 Å². The first-order valence-corrected chi connectivity index (χ1v) is 14.8. The third-order valence-electron chi connectivity index (χ3n) is 8.92. The van der Waals surface area contributed by atoms with Crippen LogP contribution in [0.4, 0.5) is 21.0 Å². The lowest BCUT2D eigenvalue weighted by Crippen LogP contribution is -2.60. The molecule has 3 aliphatic heterocycles. The van der Waals surface area contributed by atoms with Crippen molar-refractivity contribution in [2.75, 3.05) is 30.3 Å². The molecule has 2 aromatic carbocycles. The van der Waals surface area contributed by atoms with Gasteiger partial charge in [0, 0.05) is 41.0 Å². The fourth-order valence-corrected chi connectivity index (χ4v) is 7.02. The molecular weight excluding hydrogens is 578 g/mol. The van der Waals surface area contributed by atoms with E-state index in [-0.39, 0.29) is 36.2 Å². The average Bonchev–Trinajstić information content (AvgIpc) is 3.32. The van der Waals surface area contributed by atoms with Crippen molar-refractivity contribution in [3.05, 3.63) is 58.6 Å². The van der Waals surface area contributed by atoms with Crippen LogP contribution < -0.4 is 16.0 Å². The minimum Gasteiger partial charge on any atom is -0.465 e. The van der Waals surface area contributed by atoms with E-state index in [1.165, 1.54) is 24.3 Å². The molecule has 0 bridgehead atoms. The number of halogens is 1. The Bertz CT molecular complexity index is 1480. The van der Waals surface area contributed by atoms with Crippen molar-refractivity contribution in [1.29, 1.82) is 0 Å². The Morgan fingerprint density at radius 3 is 2.65 bits per heavy atom. The van der Waals surface area contributed by atoms with Crippen LogP contribution in [0.2, 0.25) is 5.02 Å². The van der Waals surface area contributed by atoms with Gasteiger partial charge in [-0.2, -0.15) is 0 Å². The zero-order valence-corrected chi connectivity index (χ0v) is 24.1. The molecule has 0 radical (unpaired) electrons. The van der Waals surface area contributed by atoms with Gasteiger partial charge in [-0.15, -0.1) is 0 Å². The maximum absolute atomic E-state index is 14.1. The fourth-order valence-electron chi connectivity index (χ4n) is 6.84. The molecule has 5 amide bonds. The molecule has 12 nitrogen and oxygen atoms in total. The molecule has 2 unspecified atom stereocenters. The molecule has 43 heavy (non-hydrogen) atoms. The number of fused-ring (bicyclic) bond motifs is 3. The van der Waals surface area contributed by atoms with Crippen LogP contribution in [0.5, 0.6) is 0 Å². The number of likely N-dealkylation sites (tertiary alicyclic amines) is 2. The van der Waals surface area contributed by atoms with Crippen molar-refractivity contribution in [2.45, 2.75) is 56.2 Å². The summed E-state index contributed by atoms with van der Waals surface area (Å²) >= 11 is 6.29. The van der Waals surface area contributed by atoms with Gasteiger partial charge in [0.05, 0.1) is 18.7 Å². The average molecular weight is 610 g/mol. The molecule has 2 saturated heterocycles. The first-order valence-electron chi connectivity index (χ1n) is 14.4. The Balaban J connectivity index is 1.24. The van der Waals surface area contributed by atoms with Crippen LogP contribution in [-0.2, 0) is 19.9 Å². The summed E-state index contributed by atoms with van der Waals surface area (Å²) < 4.78 is 5.83. The predicted molar refractivity (Wildman–Crippen MR) is 156 cm³/mol. The molecule has 13 heteroatoms. The summed E-state index contributed by atoms with van der Waals surface area (Å²) in [5.74, 6) is -0.729. The van der Waals surface area contributed by atoms with Crippen LogP contribution in [0.1, 0.15) is 54.4 Å². The highest BCUT2D eigenvalue weighted by atomic mass is 35.5. The van der Waals surface area contributed by atoms with E-state index in [9.17, 15) is 24.0 Å². The maximum atomic E-state index is 14.1. The lowest BCUT2D eigenvalue weighted by atomic mass is 9.83. The van der Waals surface area contributed by atoms with Crippen molar-refractivity contribution < 1.29 is 33.8 Å². The minimum atomic E-state index is -1.24. The van der Waals surface area contributed by atoms with Gasteiger partial charge in [0.2, 0.25) is 11.8 Å². The monoisotopic (exact) mass is 609 g/mol. The number of carboxylic acid groups (broad SMARTS) is 1. The molecule has 4 atom stereocenters. The summed E-state index contributed by atoms with van der Waals surface area (Å²) in [6, 6.07) is 9.85. The quantitative estimate of drug-likeness (QED) is 0.385. The number of anilines is 2. The Labute approximate surface area is 252 Å². The predicted octanol–water partition coefficient (Wildman–Crippen LogP) is 4.01. The zero-order valence-electron chi connectivity index (χ0n) is 23.3. The third kappa shape index (κ3) is 5.71. The topological polar surface area (TPSA) is 157 Å². The second-order valence-corrected chi connectivity index (χ2v) is 12.0. The van der Waals surface area contributed by atoms with Gasteiger partial charge in [-0.3, -0.25) is 25.0 Å². The van der Waals surface area contributed by atoms with E-state index in [0.717, 1.165) is 19.3 Å². The van der Waals surface area contributed by atoms with Crippen molar-refractivity contribution in [1.82, 2.24) is 15.1 Å². The number of nitrogens with one attached hydrogen (secondary N) is 3. The fraction of sp³-hybridized carbons (Fsp3) is 0.433. The smallest absolute Gasteiger partial charge is 0.412 e. The van der Waals surface area contributed by atoms with Crippen LogP contribution in [0, 0.1) is 5.92 Å². The van der Waals surface area contributed by atoms with Crippen molar-refractivity contribution in [2.24, 2.45) is 5.92 Å². The summed E-state index contributed by atoms with van der Waals surface area (Å²) in [5.41, 5.74) is 0.575. The van der Waals surface area contributed by atoms with E-state index in [4.69, 9.17) is 21.4 Å². The van der Waals surface area contributed by atoms with Gasteiger partial charge in [-0.1, -0.05) is 18.0 Å². The van der Waals surface area contributed by atoms with Crippen LogP contribution in [0.15, 0.2) is 42.5 Å². The second kappa shape index (κ2) is 11.4. The van der Waals surface area contributed by atoms with E-state index in [2.05, 4.69) is 16.0 Å². The standard InChI is InChI=1S/C30H32ClN5O7/c31-19-7-10-22-21(13-19)30(43-29(42)34-22)11-2-12-35(16-30)27(39)23(14-25(37)36-15-18-3-1-4-24(18)36)33-26(38)17-5-8-20(9-6-17)32-28(40)41/h5-10,13,18,23-24,32H,1-4,11-12,14-16H2,(H,33,38)(H,34,42)(H,40,41)/t18?,23-,24?,30-/m0/s1. The number of carbonyl (C=O) groups is 5. The highest BCUT2D eigenvalue weighted by Gasteiger charge is 2.48.